The Balaban J connectivity index is 1.49. The zero-order chi connectivity index (χ0) is 14.7. The van der Waals surface area contributed by atoms with Gasteiger partial charge in [-0.2, -0.15) is 0 Å². The third kappa shape index (κ3) is 3.58. The minimum absolute atomic E-state index is 0.543. The fourth-order valence-electron chi connectivity index (χ4n) is 3.44. The summed E-state index contributed by atoms with van der Waals surface area (Å²) in [6.45, 7) is 2.37. The number of nitrogens with zero attached hydrogens (tertiary/aromatic N) is 2. The van der Waals surface area contributed by atoms with Crippen LogP contribution < -0.4 is 0 Å². The molecule has 3 nitrogen and oxygen atoms in total. The van der Waals surface area contributed by atoms with Crippen LogP contribution in [-0.2, 0) is 11.3 Å². The number of likely N-dealkylation sites (tertiary alicyclic amines) is 1. The molecule has 1 unspecified atom stereocenters. The Morgan fingerprint density at radius 1 is 1.19 bits per heavy atom. The first kappa shape index (κ1) is 14.9. The van der Waals surface area contributed by atoms with Crippen LogP contribution in [-0.4, -0.2) is 36.9 Å². The SMILES string of the molecule is CON=C1CCC1N1CCC(Cc2ccc(Cl)cc2)CC1. The zero-order valence-electron chi connectivity index (χ0n) is 12.6. The zero-order valence-corrected chi connectivity index (χ0v) is 13.4. The van der Waals surface area contributed by atoms with Gasteiger partial charge in [0.1, 0.15) is 7.11 Å². The van der Waals surface area contributed by atoms with Crippen molar-refractivity contribution in [3.05, 3.63) is 34.9 Å². The van der Waals surface area contributed by atoms with Gasteiger partial charge in [-0.25, -0.2) is 0 Å². The van der Waals surface area contributed by atoms with Gasteiger partial charge < -0.3 is 4.84 Å². The van der Waals surface area contributed by atoms with Crippen molar-refractivity contribution in [1.82, 2.24) is 4.90 Å². The van der Waals surface area contributed by atoms with Gasteiger partial charge in [0.25, 0.3) is 0 Å². The minimum atomic E-state index is 0.543. The first-order valence-electron chi connectivity index (χ1n) is 7.84. The van der Waals surface area contributed by atoms with E-state index in [0.717, 1.165) is 17.4 Å². The van der Waals surface area contributed by atoms with Crippen LogP contribution in [0.25, 0.3) is 0 Å². The smallest absolute Gasteiger partial charge is 0.106 e. The molecule has 1 aromatic rings. The monoisotopic (exact) mass is 306 g/mol. The van der Waals surface area contributed by atoms with Crippen LogP contribution in [0.3, 0.4) is 0 Å². The van der Waals surface area contributed by atoms with Crippen LogP contribution >= 0.6 is 11.6 Å². The fraction of sp³-hybridized carbons (Fsp3) is 0.588. The molecule has 1 heterocycles. The number of halogens is 1. The molecule has 21 heavy (non-hydrogen) atoms. The first-order chi connectivity index (χ1) is 10.3. The molecular formula is C17H23ClN2O. The molecule has 0 bridgehead atoms. The van der Waals surface area contributed by atoms with Gasteiger partial charge in [0.2, 0.25) is 0 Å². The van der Waals surface area contributed by atoms with Gasteiger partial charge in [0.15, 0.2) is 0 Å². The van der Waals surface area contributed by atoms with Crippen molar-refractivity contribution in [2.75, 3.05) is 20.2 Å². The van der Waals surface area contributed by atoms with Crippen LogP contribution in [0.2, 0.25) is 5.02 Å². The van der Waals surface area contributed by atoms with E-state index < -0.39 is 0 Å². The topological polar surface area (TPSA) is 24.8 Å². The molecule has 0 spiro atoms. The van der Waals surface area contributed by atoms with Crippen molar-refractivity contribution in [3.63, 3.8) is 0 Å². The third-order valence-electron chi connectivity index (χ3n) is 4.79. The number of benzene rings is 1. The Kier molecular flexibility index (Phi) is 4.81. The van der Waals surface area contributed by atoms with Crippen molar-refractivity contribution in [2.24, 2.45) is 11.1 Å². The quantitative estimate of drug-likeness (QED) is 0.791. The summed E-state index contributed by atoms with van der Waals surface area (Å²) in [6, 6.07) is 8.84. The average Bonchev–Trinajstić information content (AvgIpc) is 2.48. The summed E-state index contributed by atoms with van der Waals surface area (Å²) >= 11 is 5.94. The molecule has 1 aromatic carbocycles. The largest absolute Gasteiger partial charge is 0.399 e. The molecule has 1 aliphatic carbocycles. The van der Waals surface area contributed by atoms with Gasteiger partial charge >= 0.3 is 0 Å². The van der Waals surface area contributed by atoms with Crippen LogP contribution in [0.1, 0.15) is 31.2 Å². The van der Waals surface area contributed by atoms with E-state index in [2.05, 4.69) is 22.2 Å². The summed E-state index contributed by atoms with van der Waals surface area (Å²) < 4.78 is 0. The molecule has 3 rings (SSSR count). The van der Waals surface area contributed by atoms with E-state index in [1.54, 1.807) is 7.11 Å². The molecule has 0 N–H and O–H groups in total. The molecule has 1 saturated carbocycles. The predicted molar refractivity (Wildman–Crippen MR) is 86.9 cm³/mol. The summed E-state index contributed by atoms with van der Waals surface area (Å²) in [6.07, 6.45) is 6.07. The molecule has 0 radical (unpaired) electrons. The lowest BCUT2D eigenvalue weighted by atomic mass is 9.84. The lowest BCUT2D eigenvalue weighted by Crippen LogP contribution is -2.51. The van der Waals surface area contributed by atoms with E-state index in [0.29, 0.717) is 6.04 Å². The lowest BCUT2D eigenvalue weighted by Gasteiger charge is -2.42. The van der Waals surface area contributed by atoms with E-state index in [4.69, 9.17) is 16.4 Å². The van der Waals surface area contributed by atoms with Gasteiger partial charge in [-0.15, -0.1) is 0 Å². The van der Waals surface area contributed by atoms with Crippen LogP contribution in [0, 0.1) is 5.92 Å². The molecule has 2 fully saturated rings. The Morgan fingerprint density at radius 2 is 1.90 bits per heavy atom. The number of oxime groups is 1. The summed E-state index contributed by atoms with van der Waals surface area (Å²) in [5.41, 5.74) is 2.64. The highest BCUT2D eigenvalue weighted by atomic mass is 35.5. The first-order valence-corrected chi connectivity index (χ1v) is 8.22. The third-order valence-corrected chi connectivity index (χ3v) is 5.05. The number of hydrogen-bond donors (Lipinski definition) is 0. The van der Waals surface area contributed by atoms with Crippen LogP contribution in [0.5, 0.6) is 0 Å². The standard InChI is InChI=1S/C17H23ClN2O/c1-21-19-16-6-7-17(16)20-10-8-14(9-11-20)12-13-2-4-15(18)5-3-13/h2-5,14,17H,6-12H2,1H3. The van der Waals surface area contributed by atoms with E-state index in [1.165, 1.54) is 50.0 Å². The highest BCUT2D eigenvalue weighted by molar-refractivity contribution is 6.30. The van der Waals surface area contributed by atoms with Gasteiger partial charge in [-0.1, -0.05) is 28.9 Å². The molecular weight excluding hydrogens is 284 g/mol. The second-order valence-electron chi connectivity index (χ2n) is 6.13. The Morgan fingerprint density at radius 3 is 2.48 bits per heavy atom. The average molecular weight is 307 g/mol. The molecule has 114 valence electrons. The molecule has 1 aliphatic heterocycles. The summed E-state index contributed by atoms with van der Waals surface area (Å²) in [5, 5.41) is 4.97. The maximum Gasteiger partial charge on any atom is 0.106 e. The van der Waals surface area contributed by atoms with Crippen molar-refractivity contribution >= 4 is 17.3 Å². The molecule has 1 atom stereocenters. The van der Waals surface area contributed by atoms with Gasteiger partial charge in [0.05, 0.1) is 11.8 Å². The Hall–Kier alpha value is -1.06. The van der Waals surface area contributed by atoms with Crippen molar-refractivity contribution in [2.45, 2.75) is 38.1 Å². The number of piperidine rings is 1. The number of rotatable bonds is 4. The summed E-state index contributed by atoms with van der Waals surface area (Å²) in [4.78, 5) is 7.51. The Bertz CT molecular complexity index is 492. The highest BCUT2D eigenvalue weighted by Crippen LogP contribution is 2.29. The summed E-state index contributed by atoms with van der Waals surface area (Å²) in [7, 11) is 1.64. The second-order valence-corrected chi connectivity index (χ2v) is 6.57. The van der Waals surface area contributed by atoms with E-state index in [9.17, 15) is 0 Å². The van der Waals surface area contributed by atoms with Gasteiger partial charge in [-0.3, -0.25) is 4.90 Å². The molecule has 0 aromatic heterocycles. The molecule has 1 saturated heterocycles. The van der Waals surface area contributed by atoms with E-state index >= 15 is 0 Å². The maximum atomic E-state index is 5.94. The van der Waals surface area contributed by atoms with Crippen molar-refractivity contribution in [1.29, 1.82) is 0 Å². The normalized spacial score (nSPS) is 25.8. The fourth-order valence-corrected chi connectivity index (χ4v) is 3.57. The predicted octanol–water partition coefficient (Wildman–Crippen LogP) is 3.76. The molecule has 4 heteroatoms. The maximum absolute atomic E-state index is 5.94. The van der Waals surface area contributed by atoms with Crippen LogP contribution in [0.4, 0.5) is 0 Å². The minimum Gasteiger partial charge on any atom is -0.399 e. The highest BCUT2D eigenvalue weighted by Gasteiger charge is 2.34. The number of hydrogen-bond acceptors (Lipinski definition) is 3. The van der Waals surface area contributed by atoms with Crippen LogP contribution in [0.15, 0.2) is 29.4 Å². The van der Waals surface area contributed by atoms with E-state index in [-0.39, 0.29) is 0 Å². The van der Waals surface area contributed by atoms with Gasteiger partial charge in [-0.05, 0) is 68.8 Å². The molecule has 0 amide bonds. The molecule has 2 aliphatic rings. The Labute approximate surface area is 131 Å². The van der Waals surface area contributed by atoms with Gasteiger partial charge in [0, 0.05) is 5.02 Å². The second kappa shape index (κ2) is 6.80. The van der Waals surface area contributed by atoms with E-state index in [1.807, 2.05) is 12.1 Å². The lowest BCUT2D eigenvalue weighted by molar-refractivity contribution is 0.136. The van der Waals surface area contributed by atoms with Crippen molar-refractivity contribution < 1.29 is 4.84 Å². The summed E-state index contributed by atoms with van der Waals surface area (Å²) in [5.74, 6) is 0.797. The van der Waals surface area contributed by atoms with Crippen molar-refractivity contribution in [3.8, 4) is 0 Å².